The molecule has 1 fully saturated rings. The summed E-state index contributed by atoms with van der Waals surface area (Å²) in [6.45, 7) is 7.03. The summed E-state index contributed by atoms with van der Waals surface area (Å²) < 4.78 is 0. The van der Waals surface area contributed by atoms with E-state index < -0.39 is 0 Å². The van der Waals surface area contributed by atoms with E-state index in [1.54, 1.807) is 4.90 Å². The number of likely N-dealkylation sites (tertiary alicyclic amines) is 1. The number of rotatable bonds is 0. The summed E-state index contributed by atoms with van der Waals surface area (Å²) in [7, 11) is 0. The lowest BCUT2D eigenvalue weighted by Gasteiger charge is -2.33. The quantitative estimate of drug-likeness (QED) is 0.461. The molecule has 0 saturated carbocycles. The molecular weight excluding hydrogens is 112 g/mol. The zero-order valence-electron chi connectivity index (χ0n) is 6.39. The Labute approximate surface area is 57.1 Å². The number of nitrogens with zero attached hydrogens (tertiary/aromatic N) is 2. The molecule has 0 N–H and O–H groups in total. The molecular formula is C7H14N2. The Balaban J connectivity index is 0.000000291. The van der Waals surface area contributed by atoms with Gasteiger partial charge in [0.05, 0.1) is 0 Å². The van der Waals surface area contributed by atoms with Crippen LogP contribution in [-0.2, 0) is 0 Å². The summed E-state index contributed by atoms with van der Waals surface area (Å²) in [5.41, 5.74) is 0. The van der Waals surface area contributed by atoms with Gasteiger partial charge in [-0.3, -0.25) is 0 Å². The maximum absolute atomic E-state index is 8.23. The van der Waals surface area contributed by atoms with Crippen LogP contribution in [0.25, 0.3) is 0 Å². The van der Waals surface area contributed by atoms with E-state index in [4.69, 9.17) is 5.26 Å². The highest BCUT2D eigenvalue weighted by Crippen LogP contribution is 2.13. The molecule has 2 nitrogen and oxygen atoms in total. The monoisotopic (exact) mass is 126 g/mol. The van der Waals surface area contributed by atoms with Crippen LogP contribution in [0.2, 0.25) is 0 Å². The van der Waals surface area contributed by atoms with E-state index >= 15 is 0 Å². The molecule has 0 aromatic rings. The van der Waals surface area contributed by atoms with Gasteiger partial charge in [0.25, 0.3) is 0 Å². The predicted molar refractivity (Wildman–Crippen MR) is 37.7 cm³/mol. The van der Waals surface area contributed by atoms with Crippen molar-refractivity contribution < 1.29 is 0 Å². The summed E-state index contributed by atoms with van der Waals surface area (Å²) in [4.78, 5) is 1.78. The number of hydrogen-bond acceptors (Lipinski definition) is 2. The molecule has 0 amide bonds. The Hall–Kier alpha value is -0.710. The van der Waals surface area contributed by atoms with Gasteiger partial charge in [0.1, 0.15) is 0 Å². The van der Waals surface area contributed by atoms with Crippen LogP contribution < -0.4 is 0 Å². The zero-order valence-corrected chi connectivity index (χ0v) is 6.39. The van der Waals surface area contributed by atoms with Crippen LogP contribution in [0.15, 0.2) is 0 Å². The van der Waals surface area contributed by atoms with Gasteiger partial charge in [-0.1, -0.05) is 13.8 Å². The zero-order chi connectivity index (χ0) is 7.28. The first-order valence-corrected chi connectivity index (χ1v) is 3.51. The minimum Gasteiger partial charge on any atom is -0.308 e. The van der Waals surface area contributed by atoms with Crippen LogP contribution in [0.1, 0.15) is 27.2 Å². The topological polar surface area (TPSA) is 27.0 Å². The SMILES string of the molecule is CC.CC1CCN1C#N. The molecule has 1 aliphatic rings. The molecule has 0 radical (unpaired) electrons. The van der Waals surface area contributed by atoms with Crippen molar-refractivity contribution in [2.24, 2.45) is 0 Å². The van der Waals surface area contributed by atoms with E-state index in [9.17, 15) is 0 Å². The Morgan fingerprint density at radius 2 is 2.11 bits per heavy atom. The Morgan fingerprint density at radius 3 is 2.11 bits per heavy atom. The highest BCUT2D eigenvalue weighted by molar-refractivity contribution is 4.88. The second-order valence-corrected chi connectivity index (χ2v) is 1.93. The summed E-state index contributed by atoms with van der Waals surface area (Å²) in [6, 6.07) is 0.519. The first kappa shape index (κ1) is 8.29. The van der Waals surface area contributed by atoms with E-state index in [0.29, 0.717) is 6.04 Å². The summed E-state index contributed by atoms with van der Waals surface area (Å²) in [6.07, 6.45) is 3.27. The van der Waals surface area contributed by atoms with E-state index in [0.717, 1.165) is 6.54 Å². The van der Waals surface area contributed by atoms with Crippen molar-refractivity contribution in [3.8, 4) is 6.19 Å². The number of hydrogen-bond donors (Lipinski definition) is 0. The summed E-state index contributed by atoms with van der Waals surface area (Å²) in [5, 5.41) is 8.23. The highest BCUT2D eigenvalue weighted by atomic mass is 15.2. The highest BCUT2D eigenvalue weighted by Gasteiger charge is 2.20. The van der Waals surface area contributed by atoms with Gasteiger partial charge in [-0.2, -0.15) is 5.26 Å². The molecule has 1 aliphatic heterocycles. The Bertz CT molecular complexity index is 104. The third kappa shape index (κ3) is 1.93. The van der Waals surface area contributed by atoms with Crippen LogP contribution in [0.5, 0.6) is 0 Å². The molecule has 0 aliphatic carbocycles. The van der Waals surface area contributed by atoms with Crippen LogP contribution in [0, 0.1) is 11.5 Å². The maximum Gasteiger partial charge on any atom is 0.179 e. The third-order valence-electron chi connectivity index (χ3n) is 1.45. The van der Waals surface area contributed by atoms with Crippen molar-refractivity contribution in [3.05, 3.63) is 0 Å². The Kier molecular flexibility index (Phi) is 3.87. The Morgan fingerprint density at radius 1 is 1.56 bits per heavy atom. The van der Waals surface area contributed by atoms with Gasteiger partial charge >= 0.3 is 0 Å². The summed E-state index contributed by atoms with van der Waals surface area (Å²) in [5.74, 6) is 0. The maximum atomic E-state index is 8.23. The molecule has 9 heavy (non-hydrogen) atoms. The largest absolute Gasteiger partial charge is 0.308 e. The van der Waals surface area contributed by atoms with Crippen molar-refractivity contribution in [1.29, 1.82) is 5.26 Å². The van der Waals surface area contributed by atoms with Crippen molar-refractivity contribution >= 4 is 0 Å². The van der Waals surface area contributed by atoms with Gasteiger partial charge in [-0.05, 0) is 13.3 Å². The lowest BCUT2D eigenvalue weighted by atomic mass is 10.1. The van der Waals surface area contributed by atoms with Crippen LogP contribution in [0.3, 0.4) is 0 Å². The molecule has 0 bridgehead atoms. The standard InChI is InChI=1S/C5H8N2.C2H6/c1-5-2-3-7(5)4-6;1-2/h5H,2-3H2,1H3;1-2H3. The van der Waals surface area contributed by atoms with Gasteiger partial charge in [-0.15, -0.1) is 0 Å². The fourth-order valence-corrected chi connectivity index (χ4v) is 0.665. The van der Waals surface area contributed by atoms with Crippen molar-refractivity contribution in [3.63, 3.8) is 0 Å². The van der Waals surface area contributed by atoms with Crippen LogP contribution >= 0.6 is 0 Å². The second-order valence-electron chi connectivity index (χ2n) is 1.93. The van der Waals surface area contributed by atoms with Gasteiger partial charge in [0.15, 0.2) is 6.19 Å². The summed E-state index contributed by atoms with van der Waals surface area (Å²) >= 11 is 0. The van der Waals surface area contributed by atoms with E-state index in [1.165, 1.54) is 6.42 Å². The third-order valence-corrected chi connectivity index (χ3v) is 1.45. The first-order chi connectivity index (χ1) is 4.34. The fourth-order valence-electron chi connectivity index (χ4n) is 0.665. The lowest BCUT2D eigenvalue weighted by molar-refractivity contribution is 0.184. The van der Waals surface area contributed by atoms with Crippen LogP contribution in [0.4, 0.5) is 0 Å². The van der Waals surface area contributed by atoms with Crippen molar-refractivity contribution in [1.82, 2.24) is 4.90 Å². The minimum atomic E-state index is 0.519. The van der Waals surface area contributed by atoms with E-state index in [2.05, 4.69) is 13.1 Å². The van der Waals surface area contributed by atoms with E-state index in [-0.39, 0.29) is 0 Å². The number of nitriles is 1. The average Bonchev–Trinajstić information content (AvgIpc) is 1.91. The molecule has 52 valence electrons. The fraction of sp³-hybridized carbons (Fsp3) is 0.857. The van der Waals surface area contributed by atoms with Gasteiger partial charge in [0, 0.05) is 12.6 Å². The van der Waals surface area contributed by atoms with Crippen LogP contribution in [-0.4, -0.2) is 17.5 Å². The molecule has 1 rings (SSSR count). The minimum absolute atomic E-state index is 0.519. The van der Waals surface area contributed by atoms with E-state index in [1.807, 2.05) is 13.8 Å². The van der Waals surface area contributed by atoms with Crippen molar-refractivity contribution in [2.75, 3.05) is 6.54 Å². The molecule has 0 spiro atoms. The average molecular weight is 126 g/mol. The smallest absolute Gasteiger partial charge is 0.179 e. The molecule has 1 heterocycles. The molecule has 2 heteroatoms. The molecule has 1 saturated heterocycles. The van der Waals surface area contributed by atoms with Gasteiger partial charge in [0.2, 0.25) is 0 Å². The molecule has 1 unspecified atom stereocenters. The molecule has 1 atom stereocenters. The second kappa shape index (κ2) is 4.20. The van der Waals surface area contributed by atoms with Gasteiger partial charge < -0.3 is 4.90 Å². The lowest BCUT2D eigenvalue weighted by Crippen LogP contribution is -2.41. The molecule has 0 aromatic carbocycles. The van der Waals surface area contributed by atoms with Crippen molar-refractivity contribution in [2.45, 2.75) is 33.2 Å². The predicted octanol–water partition coefficient (Wildman–Crippen LogP) is 1.59. The normalized spacial score (nSPS) is 22.9. The van der Waals surface area contributed by atoms with Gasteiger partial charge in [-0.25, -0.2) is 0 Å². The molecule has 0 aromatic heterocycles. The first-order valence-electron chi connectivity index (χ1n) is 3.51.